The van der Waals surface area contributed by atoms with E-state index in [1.807, 2.05) is 42.5 Å². The molecule has 0 aliphatic rings. The van der Waals surface area contributed by atoms with Crippen LogP contribution in [-0.4, -0.2) is 0 Å². The van der Waals surface area contributed by atoms with Crippen molar-refractivity contribution >= 4 is 78.9 Å². The van der Waals surface area contributed by atoms with Gasteiger partial charge < -0.3 is 9.47 Å². The minimum atomic E-state index is 0.715. The summed E-state index contributed by atoms with van der Waals surface area (Å²) < 4.78 is 18.7. The number of thiophene rings is 2. The van der Waals surface area contributed by atoms with Gasteiger partial charge in [0, 0.05) is 40.3 Å². The van der Waals surface area contributed by atoms with Crippen LogP contribution >= 0.6 is 38.6 Å². The molecule has 0 N–H and O–H groups in total. The minimum Gasteiger partial charge on any atom is -0.455 e. The second-order valence-electron chi connectivity index (χ2n) is 8.23. The summed E-state index contributed by atoms with van der Waals surface area (Å²) in [5.74, 6) is 3.10. The van der Waals surface area contributed by atoms with Gasteiger partial charge in [-0.1, -0.05) is 54.6 Å². The first-order valence-electron chi connectivity index (χ1n) is 11.2. The lowest BCUT2D eigenvalue weighted by Gasteiger charge is -2.14. The number of fused-ring (bicyclic) bond motifs is 6. The zero-order chi connectivity index (χ0) is 23.4. The molecule has 0 spiro atoms. The average Bonchev–Trinajstić information content (AvgIpc) is 3.46. The Morgan fingerprint density at radius 1 is 0.429 bits per heavy atom. The van der Waals surface area contributed by atoms with Gasteiger partial charge in [-0.05, 0) is 64.5 Å². The van der Waals surface area contributed by atoms with Gasteiger partial charge in [-0.2, -0.15) is 0 Å². The molecule has 5 heteroatoms. The van der Waals surface area contributed by atoms with Crippen LogP contribution < -0.4 is 9.47 Å². The van der Waals surface area contributed by atoms with E-state index >= 15 is 0 Å². The number of hydrogen-bond acceptors (Lipinski definition) is 4. The summed E-state index contributed by atoms with van der Waals surface area (Å²) in [4.78, 5) is 0. The molecule has 5 aromatic carbocycles. The molecule has 2 nitrogen and oxygen atoms in total. The first kappa shape index (κ1) is 20.9. The molecule has 0 unspecified atom stereocenters. The van der Waals surface area contributed by atoms with Gasteiger partial charge in [-0.15, -0.1) is 22.7 Å². The van der Waals surface area contributed by atoms with Gasteiger partial charge in [0.05, 0.1) is 0 Å². The molecule has 0 aliphatic heterocycles. The molecule has 0 atom stereocenters. The fourth-order valence-corrected chi connectivity index (χ4v) is 7.21. The molecular formula is C30H17BrO2S2. The van der Waals surface area contributed by atoms with Gasteiger partial charge >= 0.3 is 0 Å². The topological polar surface area (TPSA) is 18.5 Å². The summed E-state index contributed by atoms with van der Waals surface area (Å²) in [6.45, 7) is 0. The molecule has 0 aliphatic carbocycles. The van der Waals surface area contributed by atoms with E-state index < -0.39 is 0 Å². The van der Waals surface area contributed by atoms with Gasteiger partial charge in [0.1, 0.15) is 27.5 Å². The largest absolute Gasteiger partial charge is 0.455 e. The predicted octanol–water partition coefficient (Wildman–Crippen LogP) is 10.8. The van der Waals surface area contributed by atoms with Gasteiger partial charge in [0.2, 0.25) is 0 Å². The quantitative estimate of drug-likeness (QED) is 0.216. The highest BCUT2D eigenvalue weighted by Gasteiger charge is 2.16. The zero-order valence-corrected chi connectivity index (χ0v) is 21.5. The third-order valence-electron chi connectivity index (χ3n) is 6.10. The van der Waals surface area contributed by atoms with Crippen molar-refractivity contribution in [3.05, 3.63) is 108 Å². The number of ether oxygens (including phenoxy) is 2. The van der Waals surface area contributed by atoms with Crippen molar-refractivity contribution in [3.8, 4) is 23.0 Å². The average molecular weight is 554 g/mol. The molecule has 2 heterocycles. The lowest BCUT2D eigenvalue weighted by atomic mass is 10.1. The monoisotopic (exact) mass is 552 g/mol. The molecule has 0 amide bonds. The van der Waals surface area contributed by atoms with Crippen molar-refractivity contribution in [2.75, 3.05) is 0 Å². The predicted molar refractivity (Wildman–Crippen MR) is 153 cm³/mol. The van der Waals surface area contributed by atoms with Crippen LogP contribution in [0.15, 0.2) is 108 Å². The lowest BCUT2D eigenvalue weighted by molar-refractivity contribution is 0.460. The van der Waals surface area contributed by atoms with Crippen molar-refractivity contribution in [3.63, 3.8) is 0 Å². The van der Waals surface area contributed by atoms with E-state index in [9.17, 15) is 0 Å². The third-order valence-corrected chi connectivity index (χ3v) is 9.15. The Bertz CT molecular complexity index is 1750. The molecule has 0 bridgehead atoms. The fourth-order valence-electron chi connectivity index (χ4n) is 4.54. The molecule has 2 aromatic heterocycles. The number of halogens is 1. The van der Waals surface area contributed by atoms with Crippen LogP contribution in [0.3, 0.4) is 0 Å². The van der Waals surface area contributed by atoms with Crippen molar-refractivity contribution in [1.29, 1.82) is 0 Å². The molecule has 7 aromatic rings. The van der Waals surface area contributed by atoms with E-state index in [1.165, 1.54) is 29.6 Å². The van der Waals surface area contributed by atoms with Crippen molar-refractivity contribution in [2.45, 2.75) is 0 Å². The van der Waals surface area contributed by atoms with Crippen LogP contribution in [0.4, 0.5) is 0 Å². The molecular weight excluding hydrogens is 536 g/mol. The Morgan fingerprint density at radius 2 is 0.829 bits per heavy atom. The van der Waals surface area contributed by atoms with Crippen molar-refractivity contribution in [1.82, 2.24) is 0 Å². The number of rotatable bonds is 4. The van der Waals surface area contributed by atoms with Crippen molar-refractivity contribution < 1.29 is 9.47 Å². The zero-order valence-electron chi connectivity index (χ0n) is 18.3. The first-order chi connectivity index (χ1) is 17.3. The molecule has 0 saturated heterocycles. The SMILES string of the molecule is Brc1c(Oc2cccc3sc4ccccc4c23)cccc1Oc1cccc2sc3ccccc3c12. The molecule has 0 fully saturated rings. The Morgan fingerprint density at radius 3 is 1.34 bits per heavy atom. The first-order valence-corrected chi connectivity index (χ1v) is 13.6. The molecule has 0 saturated carbocycles. The summed E-state index contributed by atoms with van der Waals surface area (Å²) in [7, 11) is 0. The van der Waals surface area contributed by atoms with E-state index in [0.29, 0.717) is 11.5 Å². The highest BCUT2D eigenvalue weighted by molar-refractivity contribution is 9.10. The molecule has 0 radical (unpaired) electrons. The minimum absolute atomic E-state index is 0.715. The maximum absolute atomic E-state index is 6.49. The van der Waals surface area contributed by atoms with Gasteiger partial charge in [-0.25, -0.2) is 0 Å². The van der Waals surface area contributed by atoms with Gasteiger partial charge in [-0.3, -0.25) is 0 Å². The van der Waals surface area contributed by atoms with E-state index in [-0.39, 0.29) is 0 Å². The van der Waals surface area contributed by atoms with Crippen LogP contribution in [0.25, 0.3) is 40.3 Å². The van der Waals surface area contributed by atoms with Gasteiger partial charge in [0.15, 0.2) is 0 Å². The highest BCUT2D eigenvalue weighted by atomic mass is 79.9. The Kier molecular flexibility index (Phi) is 5.02. The molecule has 35 heavy (non-hydrogen) atoms. The lowest BCUT2D eigenvalue weighted by Crippen LogP contribution is -1.90. The summed E-state index contributed by atoms with van der Waals surface area (Å²) in [5.41, 5.74) is 0. The van der Waals surface area contributed by atoms with Crippen LogP contribution in [0.2, 0.25) is 0 Å². The normalized spacial score (nSPS) is 11.6. The van der Waals surface area contributed by atoms with Crippen LogP contribution in [-0.2, 0) is 0 Å². The Balaban J connectivity index is 1.31. The fraction of sp³-hybridized carbons (Fsp3) is 0. The number of benzene rings is 5. The summed E-state index contributed by atoms with van der Waals surface area (Å²) in [5, 5.41) is 4.70. The van der Waals surface area contributed by atoms with E-state index in [2.05, 4.69) is 76.6 Å². The van der Waals surface area contributed by atoms with E-state index in [1.54, 1.807) is 22.7 Å². The van der Waals surface area contributed by atoms with E-state index in [0.717, 1.165) is 26.7 Å². The maximum atomic E-state index is 6.49. The molecule has 168 valence electrons. The highest BCUT2D eigenvalue weighted by Crippen LogP contribution is 2.46. The van der Waals surface area contributed by atoms with E-state index in [4.69, 9.17) is 9.47 Å². The maximum Gasteiger partial charge on any atom is 0.145 e. The van der Waals surface area contributed by atoms with Crippen LogP contribution in [0.5, 0.6) is 23.0 Å². The summed E-state index contributed by atoms with van der Waals surface area (Å²) >= 11 is 7.33. The van der Waals surface area contributed by atoms with Crippen LogP contribution in [0.1, 0.15) is 0 Å². The smallest absolute Gasteiger partial charge is 0.145 e. The number of hydrogen-bond donors (Lipinski definition) is 0. The Hall–Kier alpha value is -3.38. The molecule has 7 rings (SSSR count). The second-order valence-corrected chi connectivity index (χ2v) is 11.2. The van der Waals surface area contributed by atoms with Crippen LogP contribution in [0, 0.1) is 0 Å². The summed E-state index contributed by atoms with van der Waals surface area (Å²) in [6.07, 6.45) is 0. The second kappa shape index (κ2) is 8.38. The third kappa shape index (κ3) is 3.50. The Labute approximate surface area is 218 Å². The standard InChI is InChI=1S/C30H17BrO2S2/c31-30-22(32-20-10-6-16-26-28(20)18-8-1-3-14-24(18)34-26)12-5-13-23(30)33-21-11-7-17-27-29(21)19-9-2-4-15-25(19)35-27/h1-17H. The van der Waals surface area contributed by atoms with Gasteiger partial charge in [0.25, 0.3) is 0 Å². The van der Waals surface area contributed by atoms with Crippen molar-refractivity contribution in [2.24, 2.45) is 0 Å². The summed E-state index contributed by atoms with van der Waals surface area (Å²) in [6, 6.07) is 35.2.